The average Bonchev–Trinajstić information content (AvgIpc) is 3.42. The van der Waals surface area contributed by atoms with E-state index >= 15 is 0 Å². The van der Waals surface area contributed by atoms with E-state index in [2.05, 4.69) is 108 Å². The molecule has 0 spiro atoms. The van der Waals surface area contributed by atoms with Crippen molar-refractivity contribution in [3.05, 3.63) is 134 Å². The highest BCUT2D eigenvalue weighted by atomic mass is 16.3. The Morgan fingerprint density at radius 1 is 0.390 bits per heavy atom. The Morgan fingerprint density at radius 2 is 0.976 bits per heavy atom. The largest absolute Gasteiger partial charge is 0.455 e. The number of hydrogen-bond acceptors (Lipinski definition) is 3. The van der Waals surface area contributed by atoms with Crippen LogP contribution in [-0.2, 0) is 0 Å². The molecule has 0 unspecified atom stereocenters. The number of benzene rings is 5. The van der Waals surface area contributed by atoms with Gasteiger partial charge in [-0.3, -0.25) is 0 Å². The van der Waals surface area contributed by atoms with Gasteiger partial charge in [0.1, 0.15) is 11.2 Å². The summed E-state index contributed by atoms with van der Waals surface area (Å²) in [4.78, 5) is 9.46. The fourth-order valence-corrected chi connectivity index (χ4v) is 6.65. The molecule has 0 aliphatic heterocycles. The van der Waals surface area contributed by atoms with Crippen LogP contribution in [0.15, 0.2) is 138 Å². The van der Waals surface area contributed by atoms with Crippen LogP contribution in [0.4, 0.5) is 0 Å². The molecule has 1 aliphatic rings. The third kappa shape index (κ3) is 3.14. The Kier molecular flexibility index (Phi) is 4.61. The van der Waals surface area contributed by atoms with Gasteiger partial charge in [0.15, 0.2) is 5.65 Å². The van der Waals surface area contributed by atoms with Crippen molar-refractivity contribution in [2.45, 2.75) is 0 Å². The minimum atomic E-state index is 0.750. The van der Waals surface area contributed by atoms with E-state index in [1.807, 2.05) is 30.6 Å². The van der Waals surface area contributed by atoms with Crippen molar-refractivity contribution in [1.82, 2.24) is 9.97 Å². The Balaban J connectivity index is 1.47. The Bertz CT molecular complexity index is 2330. The first kappa shape index (κ1) is 22.3. The molecule has 0 fully saturated rings. The van der Waals surface area contributed by atoms with Gasteiger partial charge in [0.05, 0.1) is 0 Å². The molecule has 0 saturated heterocycles. The molecule has 3 heterocycles. The van der Waals surface area contributed by atoms with Crippen molar-refractivity contribution in [1.29, 1.82) is 0 Å². The molecule has 190 valence electrons. The van der Waals surface area contributed by atoms with E-state index < -0.39 is 0 Å². The van der Waals surface area contributed by atoms with Gasteiger partial charge < -0.3 is 4.42 Å². The highest BCUT2D eigenvalue weighted by Gasteiger charge is 2.26. The van der Waals surface area contributed by atoms with Crippen LogP contribution in [0.25, 0.3) is 88.6 Å². The first-order chi connectivity index (χ1) is 20.4. The van der Waals surface area contributed by atoms with E-state index in [1.54, 1.807) is 0 Å². The van der Waals surface area contributed by atoms with Crippen LogP contribution in [0.2, 0.25) is 0 Å². The SMILES string of the molecule is c1ccc2c(c1)-c1ccccc1-c1c(cnc3ncccc13)-c1cccc(-c3cccc4c3oc3ccccc34)c1-2. The maximum Gasteiger partial charge on any atom is 0.159 e. The zero-order chi connectivity index (χ0) is 26.9. The summed E-state index contributed by atoms with van der Waals surface area (Å²) < 4.78 is 6.54. The fourth-order valence-electron chi connectivity index (χ4n) is 6.65. The van der Waals surface area contributed by atoms with E-state index in [9.17, 15) is 0 Å². The van der Waals surface area contributed by atoms with Crippen LogP contribution < -0.4 is 0 Å². The van der Waals surface area contributed by atoms with E-state index in [-0.39, 0.29) is 0 Å². The molecule has 3 aromatic heterocycles. The molecule has 9 rings (SSSR count). The monoisotopic (exact) mass is 522 g/mol. The fraction of sp³-hybridized carbons (Fsp3) is 0. The van der Waals surface area contributed by atoms with Crippen LogP contribution >= 0.6 is 0 Å². The number of rotatable bonds is 1. The third-order valence-electron chi connectivity index (χ3n) is 8.37. The minimum Gasteiger partial charge on any atom is -0.455 e. The maximum absolute atomic E-state index is 6.54. The molecule has 8 aromatic rings. The normalized spacial score (nSPS) is 11.9. The van der Waals surface area contributed by atoms with E-state index in [1.165, 1.54) is 27.8 Å². The second kappa shape index (κ2) is 8.48. The first-order valence-electron chi connectivity index (χ1n) is 13.8. The summed E-state index contributed by atoms with van der Waals surface area (Å²) in [6.07, 6.45) is 3.81. The molecule has 5 aromatic carbocycles. The van der Waals surface area contributed by atoms with E-state index in [0.717, 1.165) is 60.8 Å². The number of hydrogen-bond donors (Lipinski definition) is 0. The molecule has 3 heteroatoms. The second-order valence-corrected chi connectivity index (χ2v) is 10.5. The zero-order valence-electron chi connectivity index (χ0n) is 22.0. The summed E-state index contributed by atoms with van der Waals surface area (Å²) in [6.45, 7) is 0. The lowest BCUT2D eigenvalue weighted by atomic mass is 9.78. The highest BCUT2D eigenvalue weighted by Crippen LogP contribution is 2.52. The number of aromatic nitrogens is 2. The number of pyridine rings is 2. The lowest BCUT2D eigenvalue weighted by molar-refractivity contribution is 0.670. The van der Waals surface area contributed by atoms with Gasteiger partial charge in [-0.05, 0) is 57.1 Å². The maximum atomic E-state index is 6.54. The molecule has 0 saturated carbocycles. The lowest BCUT2D eigenvalue weighted by Crippen LogP contribution is -2.00. The van der Waals surface area contributed by atoms with Crippen molar-refractivity contribution in [3.63, 3.8) is 0 Å². The van der Waals surface area contributed by atoms with Gasteiger partial charge in [-0.25, -0.2) is 9.97 Å². The van der Waals surface area contributed by atoms with Crippen molar-refractivity contribution >= 4 is 33.0 Å². The van der Waals surface area contributed by atoms with Gasteiger partial charge in [-0.1, -0.05) is 103 Å². The quantitative estimate of drug-likeness (QED) is 0.215. The van der Waals surface area contributed by atoms with Gasteiger partial charge in [0, 0.05) is 45.2 Å². The van der Waals surface area contributed by atoms with E-state index in [0.29, 0.717) is 0 Å². The first-order valence-corrected chi connectivity index (χ1v) is 13.8. The molecule has 0 bridgehead atoms. The molecule has 1 aliphatic carbocycles. The Hall–Kier alpha value is -5.54. The van der Waals surface area contributed by atoms with Crippen LogP contribution in [-0.4, -0.2) is 9.97 Å². The molecular weight excluding hydrogens is 500 g/mol. The van der Waals surface area contributed by atoms with Crippen LogP contribution in [0.1, 0.15) is 0 Å². The van der Waals surface area contributed by atoms with Crippen LogP contribution in [0, 0.1) is 0 Å². The molecule has 0 N–H and O–H groups in total. The van der Waals surface area contributed by atoms with Crippen molar-refractivity contribution in [2.24, 2.45) is 0 Å². The van der Waals surface area contributed by atoms with Crippen LogP contribution in [0.5, 0.6) is 0 Å². The summed E-state index contributed by atoms with van der Waals surface area (Å²) in [6, 6.07) is 42.9. The van der Waals surface area contributed by atoms with Gasteiger partial charge in [-0.2, -0.15) is 0 Å². The third-order valence-corrected chi connectivity index (χ3v) is 8.37. The summed E-state index contributed by atoms with van der Waals surface area (Å²) in [5.74, 6) is 0. The molecule has 0 radical (unpaired) electrons. The summed E-state index contributed by atoms with van der Waals surface area (Å²) >= 11 is 0. The summed E-state index contributed by atoms with van der Waals surface area (Å²) in [7, 11) is 0. The highest BCUT2D eigenvalue weighted by molar-refractivity contribution is 6.15. The topological polar surface area (TPSA) is 38.9 Å². The number of fused-ring (bicyclic) bond motifs is 13. The van der Waals surface area contributed by atoms with Crippen molar-refractivity contribution < 1.29 is 4.42 Å². The number of furan rings is 1. The van der Waals surface area contributed by atoms with Gasteiger partial charge >= 0.3 is 0 Å². The summed E-state index contributed by atoms with van der Waals surface area (Å²) in [5.41, 5.74) is 14.1. The van der Waals surface area contributed by atoms with E-state index in [4.69, 9.17) is 9.40 Å². The standard InChI is InChI=1S/C38H22N2O/c1-3-13-26-23(10-1)24-11-2-4-14-27(24)36-32-19-9-21-39-38(32)40-22-33(36)29-16-7-15-28(35(26)29)31-18-8-17-30-25-12-5-6-20-34(25)41-37(30)31/h1-22H. The summed E-state index contributed by atoms with van der Waals surface area (Å²) in [5, 5.41) is 3.30. The second-order valence-electron chi connectivity index (χ2n) is 10.5. The van der Waals surface area contributed by atoms with Gasteiger partial charge in [-0.15, -0.1) is 0 Å². The predicted octanol–water partition coefficient (Wildman–Crippen LogP) is 10.2. The van der Waals surface area contributed by atoms with Crippen molar-refractivity contribution in [2.75, 3.05) is 0 Å². The molecule has 0 atom stereocenters. The minimum absolute atomic E-state index is 0.750. The average molecular weight is 523 g/mol. The molecule has 41 heavy (non-hydrogen) atoms. The molecular formula is C38H22N2O. The smallest absolute Gasteiger partial charge is 0.159 e. The molecule has 3 nitrogen and oxygen atoms in total. The Labute approximate surface area is 236 Å². The Morgan fingerprint density at radius 3 is 1.80 bits per heavy atom. The molecule has 0 amide bonds. The lowest BCUT2D eigenvalue weighted by Gasteiger charge is -2.25. The number of nitrogens with zero attached hydrogens (tertiary/aromatic N) is 2. The van der Waals surface area contributed by atoms with Crippen LogP contribution in [0.3, 0.4) is 0 Å². The number of para-hydroxylation sites is 2. The van der Waals surface area contributed by atoms with Gasteiger partial charge in [0.2, 0.25) is 0 Å². The van der Waals surface area contributed by atoms with Gasteiger partial charge in [0.25, 0.3) is 0 Å². The zero-order valence-corrected chi connectivity index (χ0v) is 22.0. The van der Waals surface area contributed by atoms with Crippen molar-refractivity contribution in [3.8, 4) is 55.6 Å². The predicted molar refractivity (Wildman–Crippen MR) is 168 cm³/mol.